The number of aryl methyl sites for hydroxylation is 2. The highest BCUT2D eigenvalue weighted by Crippen LogP contribution is 2.37. The van der Waals surface area contributed by atoms with Crippen LogP contribution in [-0.2, 0) is 19.6 Å². The first-order valence-electron chi connectivity index (χ1n) is 11.3. The fourth-order valence-electron chi connectivity index (χ4n) is 4.62. The van der Waals surface area contributed by atoms with Crippen LogP contribution in [0, 0.1) is 13.8 Å². The van der Waals surface area contributed by atoms with Gasteiger partial charge in [-0.25, -0.2) is 13.4 Å². The molecule has 0 N–H and O–H groups in total. The van der Waals surface area contributed by atoms with Gasteiger partial charge in [-0.2, -0.15) is 4.31 Å². The van der Waals surface area contributed by atoms with Gasteiger partial charge in [0.15, 0.2) is 5.13 Å². The summed E-state index contributed by atoms with van der Waals surface area (Å²) >= 11 is 8.49. The number of carbonyl (C=O) groups is 1. The molecule has 2 saturated heterocycles. The largest absolute Gasteiger partial charge is 0.376 e. The molecule has 11 heteroatoms. The highest BCUT2D eigenvalue weighted by molar-refractivity contribution is 7.91. The first-order chi connectivity index (χ1) is 16.3. The molecule has 4 heterocycles. The van der Waals surface area contributed by atoms with Crippen LogP contribution in [0.3, 0.4) is 0 Å². The summed E-state index contributed by atoms with van der Waals surface area (Å²) in [7, 11) is -3.82. The summed E-state index contributed by atoms with van der Waals surface area (Å²) in [6.45, 7) is 5.39. The standard InChI is InChI=1S/C23H26ClN3O4S3/c1-14-7-8-15(2)21-20(14)25-23(33-21)26(13-16-5-4-12-31-16)22(28)17-6-3-11-27(17)34(29,30)19-10-9-18(24)32-19/h7-10,16-17H,3-6,11-13H2,1-2H3. The lowest BCUT2D eigenvalue weighted by molar-refractivity contribution is -0.122. The molecule has 1 aromatic carbocycles. The molecule has 0 aliphatic carbocycles. The Morgan fingerprint density at radius 2 is 1.97 bits per heavy atom. The van der Waals surface area contributed by atoms with Crippen LogP contribution in [-0.4, -0.2) is 55.5 Å². The fraction of sp³-hybridized carbons (Fsp3) is 0.478. The van der Waals surface area contributed by atoms with E-state index in [-0.39, 0.29) is 16.2 Å². The van der Waals surface area contributed by atoms with Crippen LogP contribution in [0.5, 0.6) is 0 Å². The van der Waals surface area contributed by atoms with Crippen molar-refractivity contribution in [1.29, 1.82) is 0 Å². The Bertz CT molecular complexity index is 1290. The average Bonchev–Trinajstić information content (AvgIpc) is 3.59. The van der Waals surface area contributed by atoms with E-state index in [4.69, 9.17) is 21.3 Å². The first kappa shape index (κ1) is 24.1. The molecular weight excluding hydrogens is 514 g/mol. The van der Waals surface area contributed by atoms with Crippen LogP contribution in [0.25, 0.3) is 10.2 Å². The van der Waals surface area contributed by atoms with E-state index in [0.717, 1.165) is 45.5 Å². The Morgan fingerprint density at radius 3 is 2.65 bits per heavy atom. The van der Waals surface area contributed by atoms with E-state index in [9.17, 15) is 13.2 Å². The SMILES string of the molecule is Cc1ccc(C)c2sc(N(CC3CCCO3)C(=O)C3CCCN3S(=O)(=O)c3ccc(Cl)s3)nc12. The van der Waals surface area contributed by atoms with E-state index in [0.29, 0.717) is 42.0 Å². The van der Waals surface area contributed by atoms with Gasteiger partial charge in [-0.05, 0) is 62.8 Å². The second-order valence-electron chi connectivity index (χ2n) is 8.79. The third-order valence-electron chi connectivity index (χ3n) is 6.44. The number of sulfonamides is 1. The van der Waals surface area contributed by atoms with Crippen LogP contribution < -0.4 is 4.90 Å². The van der Waals surface area contributed by atoms with Gasteiger partial charge in [0.25, 0.3) is 10.0 Å². The molecule has 1 amide bonds. The second-order valence-corrected chi connectivity index (χ2v) is 13.6. The number of aromatic nitrogens is 1. The number of rotatable bonds is 6. The Hall–Kier alpha value is -1.56. The summed E-state index contributed by atoms with van der Waals surface area (Å²) in [4.78, 5) is 20.5. The van der Waals surface area contributed by atoms with Crippen molar-refractivity contribution in [2.45, 2.75) is 55.9 Å². The number of benzene rings is 1. The van der Waals surface area contributed by atoms with Gasteiger partial charge in [0, 0.05) is 13.2 Å². The van der Waals surface area contributed by atoms with Crippen LogP contribution in [0.15, 0.2) is 28.5 Å². The molecule has 2 fully saturated rings. The van der Waals surface area contributed by atoms with Gasteiger partial charge < -0.3 is 4.74 Å². The Balaban J connectivity index is 1.51. The van der Waals surface area contributed by atoms with Gasteiger partial charge in [-0.15, -0.1) is 11.3 Å². The number of amides is 1. The summed E-state index contributed by atoms with van der Waals surface area (Å²) in [5.74, 6) is -0.242. The Morgan fingerprint density at radius 1 is 1.18 bits per heavy atom. The molecule has 0 spiro atoms. The van der Waals surface area contributed by atoms with Crippen LogP contribution >= 0.6 is 34.3 Å². The summed E-state index contributed by atoms with van der Waals surface area (Å²) in [6, 6.07) is 6.39. The molecule has 5 rings (SSSR count). The smallest absolute Gasteiger partial charge is 0.253 e. The van der Waals surface area contributed by atoms with Crippen LogP contribution in [0.2, 0.25) is 4.34 Å². The van der Waals surface area contributed by atoms with E-state index in [2.05, 4.69) is 6.07 Å². The molecule has 0 radical (unpaired) electrons. The van der Waals surface area contributed by atoms with Gasteiger partial charge in [0.1, 0.15) is 10.3 Å². The summed E-state index contributed by atoms with van der Waals surface area (Å²) in [5.41, 5.74) is 3.04. The van der Waals surface area contributed by atoms with E-state index in [1.807, 2.05) is 19.9 Å². The molecule has 182 valence electrons. The normalized spacial score (nSPS) is 21.5. The number of carbonyl (C=O) groups excluding carboxylic acids is 1. The van der Waals surface area contributed by atoms with Crippen molar-refractivity contribution < 1.29 is 17.9 Å². The molecule has 0 bridgehead atoms. The van der Waals surface area contributed by atoms with Gasteiger partial charge in [0.05, 0.1) is 27.2 Å². The molecule has 7 nitrogen and oxygen atoms in total. The highest BCUT2D eigenvalue weighted by Gasteiger charge is 2.43. The lowest BCUT2D eigenvalue weighted by Crippen LogP contribution is -2.49. The molecule has 2 aliphatic rings. The van der Waals surface area contributed by atoms with E-state index >= 15 is 0 Å². The van der Waals surface area contributed by atoms with E-state index < -0.39 is 16.1 Å². The minimum absolute atomic E-state index is 0.0827. The third kappa shape index (κ3) is 4.40. The van der Waals surface area contributed by atoms with Gasteiger partial charge in [-0.3, -0.25) is 9.69 Å². The van der Waals surface area contributed by atoms with Crippen molar-refractivity contribution in [3.63, 3.8) is 0 Å². The topological polar surface area (TPSA) is 79.8 Å². The lowest BCUT2D eigenvalue weighted by Gasteiger charge is -2.29. The number of thiazole rings is 1. The number of ether oxygens (including phenoxy) is 1. The molecule has 34 heavy (non-hydrogen) atoms. The minimum Gasteiger partial charge on any atom is -0.376 e. The van der Waals surface area contributed by atoms with E-state index in [1.165, 1.54) is 21.7 Å². The summed E-state index contributed by atoms with van der Waals surface area (Å²) < 4.78 is 35.5. The number of thiophene rings is 1. The number of hydrogen-bond acceptors (Lipinski definition) is 7. The monoisotopic (exact) mass is 539 g/mol. The number of halogens is 1. The maximum Gasteiger partial charge on any atom is 0.253 e. The quantitative estimate of drug-likeness (QED) is 0.440. The molecule has 2 atom stereocenters. The maximum atomic E-state index is 14.0. The van der Waals surface area contributed by atoms with Crippen LogP contribution in [0.4, 0.5) is 5.13 Å². The number of nitrogens with zero attached hydrogens (tertiary/aromatic N) is 3. The first-order valence-corrected chi connectivity index (χ1v) is 14.8. The van der Waals surface area contributed by atoms with E-state index in [1.54, 1.807) is 11.0 Å². The Labute approximate surface area is 212 Å². The molecule has 3 aromatic rings. The number of fused-ring (bicyclic) bond motifs is 1. The zero-order chi connectivity index (χ0) is 24.0. The number of anilines is 1. The zero-order valence-electron chi connectivity index (χ0n) is 19.0. The molecule has 2 aromatic heterocycles. The minimum atomic E-state index is -3.82. The molecule has 2 aliphatic heterocycles. The fourth-order valence-corrected chi connectivity index (χ4v) is 9.01. The number of hydrogen-bond donors (Lipinski definition) is 0. The predicted octanol–water partition coefficient (Wildman–Crippen LogP) is 4.99. The average molecular weight is 540 g/mol. The molecular formula is C23H26ClN3O4S3. The molecule has 2 unspecified atom stereocenters. The van der Waals surface area contributed by atoms with Gasteiger partial charge in [0.2, 0.25) is 5.91 Å². The molecule has 0 saturated carbocycles. The van der Waals surface area contributed by atoms with Crippen molar-refractivity contribution in [3.05, 3.63) is 39.7 Å². The van der Waals surface area contributed by atoms with Crippen LogP contribution in [0.1, 0.15) is 36.8 Å². The summed E-state index contributed by atoms with van der Waals surface area (Å²) in [5, 5.41) is 0.594. The van der Waals surface area contributed by atoms with Crippen molar-refractivity contribution in [2.75, 3.05) is 24.6 Å². The Kier molecular flexibility index (Phi) is 6.73. The highest BCUT2D eigenvalue weighted by atomic mass is 35.5. The van der Waals surface area contributed by atoms with Crippen molar-refractivity contribution in [2.24, 2.45) is 0 Å². The van der Waals surface area contributed by atoms with Crippen molar-refractivity contribution in [3.8, 4) is 0 Å². The summed E-state index contributed by atoms with van der Waals surface area (Å²) in [6.07, 6.45) is 2.84. The van der Waals surface area contributed by atoms with Gasteiger partial charge >= 0.3 is 0 Å². The third-order valence-corrected chi connectivity index (χ3v) is 11.3. The predicted molar refractivity (Wildman–Crippen MR) is 137 cm³/mol. The van der Waals surface area contributed by atoms with Crippen molar-refractivity contribution >= 4 is 65.6 Å². The zero-order valence-corrected chi connectivity index (χ0v) is 22.2. The van der Waals surface area contributed by atoms with Crippen molar-refractivity contribution in [1.82, 2.24) is 9.29 Å². The lowest BCUT2D eigenvalue weighted by atomic mass is 10.1. The second kappa shape index (κ2) is 9.48. The maximum absolute atomic E-state index is 14.0. The van der Waals surface area contributed by atoms with Gasteiger partial charge in [-0.1, -0.05) is 35.1 Å².